The molecule has 0 saturated carbocycles. The van der Waals surface area contributed by atoms with Gasteiger partial charge in [-0.05, 0) is 22.4 Å². The van der Waals surface area contributed by atoms with Gasteiger partial charge in [0, 0.05) is 13.0 Å². The van der Waals surface area contributed by atoms with E-state index in [4.69, 9.17) is 5.11 Å². The molecule has 11 heavy (non-hydrogen) atoms. The van der Waals surface area contributed by atoms with Crippen LogP contribution in [0.3, 0.4) is 0 Å². The van der Waals surface area contributed by atoms with Gasteiger partial charge in [-0.15, -0.1) is 0 Å². The molecule has 0 aliphatic rings. The molecule has 0 aliphatic carbocycles. The number of aliphatic hydroxyl groups is 1. The zero-order valence-electron chi connectivity index (χ0n) is 5.46. The van der Waals surface area contributed by atoms with Crippen molar-refractivity contribution in [1.82, 2.24) is 0 Å². The Labute approximate surface area is 69.5 Å². The highest BCUT2D eigenvalue weighted by Gasteiger charge is 2.53. The third kappa shape index (κ3) is 3.37. The van der Waals surface area contributed by atoms with E-state index < -0.39 is 23.8 Å². The quantitative estimate of drug-likeness (QED) is 0.589. The van der Waals surface area contributed by atoms with Crippen molar-refractivity contribution in [3.05, 3.63) is 0 Å². The fourth-order valence-corrected chi connectivity index (χ4v) is 0.641. The van der Waals surface area contributed by atoms with Gasteiger partial charge in [0.05, 0.1) is 0 Å². The monoisotopic (exact) mass is 238 g/mol. The minimum atomic E-state index is -4.19. The average molecular weight is 239 g/mol. The largest absolute Gasteiger partial charge is 0.396 e. The number of alkyl halides is 5. The summed E-state index contributed by atoms with van der Waals surface area (Å²) in [4.78, 5) is -4.19. The average Bonchev–Trinajstić information content (AvgIpc) is 1.81. The van der Waals surface area contributed by atoms with Crippen LogP contribution in [0.5, 0.6) is 0 Å². The van der Waals surface area contributed by atoms with Gasteiger partial charge in [0.2, 0.25) is 0 Å². The first-order valence-electron chi connectivity index (χ1n) is 2.86. The predicted molar refractivity (Wildman–Crippen MR) is 35.1 cm³/mol. The molecule has 0 unspecified atom stereocenters. The standard InChI is InChI=1S/C5H7BrF4O/c6-5(9,10)4(7,8)2-1-3-11/h11H,1-3H2. The summed E-state index contributed by atoms with van der Waals surface area (Å²) in [6.45, 7) is -0.515. The van der Waals surface area contributed by atoms with Gasteiger partial charge >= 0.3 is 10.8 Å². The summed E-state index contributed by atoms with van der Waals surface area (Å²) >= 11 is 1.57. The fourth-order valence-electron chi connectivity index (χ4n) is 0.443. The van der Waals surface area contributed by atoms with E-state index in [-0.39, 0.29) is 6.42 Å². The zero-order valence-corrected chi connectivity index (χ0v) is 7.04. The highest BCUT2D eigenvalue weighted by atomic mass is 79.9. The first kappa shape index (κ1) is 11.2. The van der Waals surface area contributed by atoms with Crippen molar-refractivity contribution in [2.45, 2.75) is 23.6 Å². The normalized spacial score (nSPS) is 13.6. The maximum absolute atomic E-state index is 12.2. The van der Waals surface area contributed by atoms with Gasteiger partial charge in [-0.25, -0.2) is 0 Å². The maximum atomic E-state index is 12.2. The molecule has 0 saturated heterocycles. The summed E-state index contributed by atoms with van der Waals surface area (Å²) in [5.74, 6) is -4.09. The summed E-state index contributed by atoms with van der Waals surface area (Å²) in [7, 11) is 0. The van der Waals surface area contributed by atoms with E-state index in [1.807, 2.05) is 0 Å². The van der Waals surface area contributed by atoms with E-state index in [1.165, 1.54) is 0 Å². The fraction of sp³-hybridized carbons (Fsp3) is 1.00. The van der Waals surface area contributed by atoms with Crippen LogP contribution in [0, 0.1) is 0 Å². The number of rotatable bonds is 4. The minimum absolute atomic E-state index is 0.339. The molecule has 0 aliphatic heterocycles. The minimum Gasteiger partial charge on any atom is -0.396 e. The van der Waals surface area contributed by atoms with Crippen molar-refractivity contribution in [3.63, 3.8) is 0 Å². The van der Waals surface area contributed by atoms with Crippen LogP contribution in [-0.4, -0.2) is 22.5 Å². The van der Waals surface area contributed by atoms with Gasteiger partial charge in [-0.1, -0.05) is 0 Å². The highest BCUT2D eigenvalue weighted by molar-refractivity contribution is 9.10. The first-order chi connectivity index (χ1) is 4.81. The molecular formula is C5H7BrF4O. The van der Waals surface area contributed by atoms with Crippen molar-refractivity contribution < 1.29 is 22.7 Å². The van der Waals surface area contributed by atoms with Crippen LogP contribution >= 0.6 is 15.9 Å². The molecule has 0 fully saturated rings. The lowest BCUT2D eigenvalue weighted by Gasteiger charge is -2.20. The van der Waals surface area contributed by atoms with Crippen LogP contribution in [0.25, 0.3) is 0 Å². The Morgan fingerprint density at radius 1 is 1.18 bits per heavy atom. The maximum Gasteiger partial charge on any atom is 0.363 e. The molecule has 0 heterocycles. The summed E-state index contributed by atoms with van der Waals surface area (Å²) in [6.07, 6.45) is -1.37. The van der Waals surface area contributed by atoms with Crippen molar-refractivity contribution in [3.8, 4) is 0 Å². The third-order valence-electron chi connectivity index (χ3n) is 1.06. The molecule has 68 valence electrons. The van der Waals surface area contributed by atoms with Gasteiger partial charge in [-0.3, -0.25) is 0 Å². The lowest BCUT2D eigenvalue weighted by molar-refractivity contribution is -0.152. The molecule has 0 aromatic heterocycles. The van der Waals surface area contributed by atoms with E-state index in [1.54, 1.807) is 15.9 Å². The Morgan fingerprint density at radius 2 is 1.64 bits per heavy atom. The Balaban J connectivity index is 4.00. The van der Waals surface area contributed by atoms with E-state index in [0.717, 1.165) is 0 Å². The second-order valence-corrected chi connectivity index (χ2v) is 3.03. The van der Waals surface area contributed by atoms with Crippen LogP contribution in [0.15, 0.2) is 0 Å². The van der Waals surface area contributed by atoms with E-state index in [0.29, 0.717) is 0 Å². The van der Waals surface area contributed by atoms with Gasteiger partial charge in [0.15, 0.2) is 0 Å². The lowest BCUT2D eigenvalue weighted by atomic mass is 10.2. The molecule has 0 bridgehead atoms. The Hall–Kier alpha value is 0.160. The smallest absolute Gasteiger partial charge is 0.363 e. The van der Waals surface area contributed by atoms with Crippen LogP contribution in [0.4, 0.5) is 17.6 Å². The van der Waals surface area contributed by atoms with Crippen LogP contribution in [0.2, 0.25) is 0 Å². The molecule has 0 radical (unpaired) electrons. The Morgan fingerprint density at radius 3 is 1.91 bits per heavy atom. The zero-order chi connectivity index (χ0) is 9.12. The topological polar surface area (TPSA) is 20.2 Å². The second-order valence-electron chi connectivity index (χ2n) is 2.03. The molecule has 6 heteroatoms. The molecule has 0 aromatic carbocycles. The summed E-state index contributed by atoms with van der Waals surface area (Å²) in [6, 6.07) is 0. The molecule has 0 rings (SSSR count). The van der Waals surface area contributed by atoms with E-state index in [9.17, 15) is 17.6 Å². The molecule has 0 aromatic rings. The number of aliphatic hydroxyl groups excluding tert-OH is 1. The van der Waals surface area contributed by atoms with Gasteiger partial charge in [-0.2, -0.15) is 17.6 Å². The summed E-state index contributed by atoms with van der Waals surface area (Å²) in [5, 5.41) is 8.10. The number of halogens is 5. The van der Waals surface area contributed by atoms with Crippen molar-refractivity contribution in [1.29, 1.82) is 0 Å². The summed E-state index contributed by atoms with van der Waals surface area (Å²) in [5.41, 5.74) is 0. The number of hydrogen-bond acceptors (Lipinski definition) is 1. The van der Waals surface area contributed by atoms with Crippen LogP contribution in [0.1, 0.15) is 12.8 Å². The second kappa shape index (κ2) is 3.71. The summed E-state index contributed by atoms with van der Waals surface area (Å²) < 4.78 is 48.2. The molecule has 0 atom stereocenters. The van der Waals surface area contributed by atoms with Gasteiger partial charge in [0.1, 0.15) is 0 Å². The van der Waals surface area contributed by atoms with Gasteiger partial charge in [0.25, 0.3) is 0 Å². The first-order valence-corrected chi connectivity index (χ1v) is 3.66. The molecule has 1 N–H and O–H groups in total. The van der Waals surface area contributed by atoms with Crippen LogP contribution < -0.4 is 0 Å². The van der Waals surface area contributed by atoms with Crippen molar-refractivity contribution >= 4 is 15.9 Å². The SMILES string of the molecule is OCCCC(F)(F)C(F)(F)Br. The third-order valence-corrected chi connectivity index (χ3v) is 1.64. The van der Waals surface area contributed by atoms with Gasteiger partial charge < -0.3 is 5.11 Å². The van der Waals surface area contributed by atoms with Crippen LogP contribution in [-0.2, 0) is 0 Å². The number of hydrogen-bond donors (Lipinski definition) is 1. The molecular weight excluding hydrogens is 232 g/mol. The lowest BCUT2D eigenvalue weighted by Crippen LogP contribution is -2.34. The van der Waals surface area contributed by atoms with E-state index >= 15 is 0 Å². The van der Waals surface area contributed by atoms with E-state index in [2.05, 4.69) is 0 Å². The van der Waals surface area contributed by atoms with Crippen molar-refractivity contribution in [2.75, 3.05) is 6.61 Å². The molecule has 0 spiro atoms. The molecule has 0 amide bonds. The molecule has 1 nitrogen and oxygen atoms in total. The Kier molecular flexibility index (Phi) is 3.76. The Bertz CT molecular complexity index is 122. The highest BCUT2D eigenvalue weighted by Crippen LogP contribution is 2.42. The predicted octanol–water partition coefficient (Wildman–Crippen LogP) is 2.38. The van der Waals surface area contributed by atoms with Crippen molar-refractivity contribution in [2.24, 2.45) is 0 Å².